The summed E-state index contributed by atoms with van der Waals surface area (Å²) in [5, 5.41) is 5.18. The van der Waals surface area contributed by atoms with Gasteiger partial charge in [-0.15, -0.1) is 11.3 Å². The van der Waals surface area contributed by atoms with Crippen LogP contribution in [0.3, 0.4) is 0 Å². The predicted molar refractivity (Wildman–Crippen MR) is 88.6 cm³/mol. The van der Waals surface area contributed by atoms with Crippen molar-refractivity contribution in [1.82, 2.24) is 9.88 Å². The number of anilines is 1. The Morgan fingerprint density at radius 1 is 1.52 bits per heavy atom. The molecule has 1 N–H and O–H groups in total. The predicted octanol–water partition coefficient (Wildman–Crippen LogP) is 1.65. The van der Waals surface area contributed by atoms with Crippen LogP contribution in [0.1, 0.15) is 25.0 Å². The van der Waals surface area contributed by atoms with Crippen LogP contribution in [-0.2, 0) is 14.6 Å². The Morgan fingerprint density at radius 2 is 2.35 bits per heavy atom. The molecule has 0 bridgehead atoms. The zero-order valence-electron chi connectivity index (χ0n) is 13.0. The smallest absolute Gasteiger partial charge is 0.324 e. The highest BCUT2D eigenvalue weighted by Gasteiger charge is 2.36. The van der Waals surface area contributed by atoms with Gasteiger partial charge in [-0.1, -0.05) is 0 Å². The van der Waals surface area contributed by atoms with Crippen molar-refractivity contribution in [2.75, 3.05) is 30.0 Å². The lowest BCUT2D eigenvalue weighted by Gasteiger charge is -2.30. The van der Waals surface area contributed by atoms with Crippen LogP contribution in [0.15, 0.2) is 5.38 Å². The third kappa shape index (κ3) is 4.21. The zero-order valence-corrected chi connectivity index (χ0v) is 14.7. The fourth-order valence-electron chi connectivity index (χ4n) is 3.00. The largest absolute Gasteiger partial charge is 0.376 e. The highest BCUT2D eigenvalue weighted by Crippen LogP contribution is 2.23. The third-order valence-electron chi connectivity index (χ3n) is 4.17. The van der Waals surface area contributed by atoms with Crippen molar-refractivity contribution in [3.8, 4) is 0 Å². The topological polar surface area (TPSA) is 88.6 Å². The van der Waals surface area contributed by atoms with Crippen LogP contribution in [-0.4, -0.2) is 61.1 Å². The van der Waals surface area contributed by atoms with Crippen molar-refractivity contribution in [2.24, 2.45) is 0 Å². The Morgan fingerprint density at radius 3 is 2.91 bits per heavy atom. The number of carbonyl (C=O) groups excluding carboxylic acids is 1. The Hall–Kier alpha value is -1.19. The van der Waals surface area contributed by atoms with E-state index in [0.717, 1.165) is 18.5 Å². The second-order valence-electron chi connectivity index (χ2n) is 6.07. The van der Waals surface area contributed by atoms with Gasteiger partial charge in [0.05, 0.1) is 23.3 Å². The molecular weight excluding hydrogens is 338 g/mol. The summed E-state index contributed by atoms with van der Waals surface area (Å²) in [5.41, 5.74) is 0.847. The summed E-state index contributed by atoms with van der Waals surface area (Å²) in [5.74, 6) is 0.174. The molecule has 2 amide bonds. The molecule has 3 rings (SSSR count). The van der Waals surface area contributed by atoms with Gasteiger partial charge in [-0.25, -0.2) is 18.2 Å². The van der Waals surface area contributed by atoms with Gasteiger partial charge in [0.1, 0.15) is 0 Å². The molecule has 0 radical (unpaired) electrons. The average Bonchev–Trinajstić information content (AvgIpc) is 3.18. The minimum atomic E-state index is -3.05. The number of aryl methyl sites for hydroxylation is 1. The maximum Gasteiger partial charge on any atom is 0.324 e. The maximum atomic E-state index is 12.6. The van der Waals surface area contributed by atoms with E-state index in [1.807, 2.05) is 12.3 Å². The number of amides is 2. The average molecular weight is 359 g/mol. The Labute approximate surface area is 140 Å². The fraction of sp³-hybridized carbons (Fsp3) is 0.714. The Bertz CT molecular complexity index is 667. The number of hydrogen-bond donors (Lipinski definition) is 1. The zero-order chi connectivity index (χ0) is 16.4. The quantitative estimate of drug-likeness (QED) is 0.883. The molecule has 1 aromatic rings. The van der Waals surface area contributed by atoms with Gasteiger partial charge in [-0.2, -0.15) is 0 Å². The molecular formula is C14H21N3O4S2. The lowest BCUT2D eigenvalue weighted by molar-refractivity contribution is 0.0751. The van der Waals surface area contributed by atoms with Crippen LogP contribution >= 0.6 is 11.3 Å². The highest BCUT2D eigenvalue weighted by atomic mass is 32.2. The summed E-state index contributed by atoms with van der Waals surface area (Å²) in [6, 6.07) is -0.581. The second kappa shape index (κ2) is 6.74. The van der Waals surface area contributed by atoms with Gasteiger partial charge in [0, 0.05) is 24.6 Å². The molecule has 2 unspecified atom stereocenters. The number of hydrogen-bond acceptors (Lipinski definition) is 6. The van der Waals surface area contributed by atoms with E-state index < -0.39 is 9.84 Å². The first-order valence-corrected chi connectivity index (χ1v) is 10.4. The molecule has 2 aliphatic heterocycles. The van der Waals surface area contributed by atoms with Crippen LogP contribution < -0.4 is 5.32 Å². The first-order valence-electron chi connectivity index (χ1n) is 7.75. The summed E-state index contributed by atoms with van der Waals surface area (Å²) in [6.45, 7) is 2.99. The van der Waals surface area contributed by atoms with E-state index in [1.165, 1.54) is 11.3 Å². The number of nitrogens with one attached hydrogen (secondary N) is 1. The summed E-state index contributed by atoms with van der Waals surface area (Å²) >= 11 is 1.36. The number of nitrogens with zero attached hydrogens (tertiary/aromatic N) is 2. The molecule has 2 atom stereocenters. The minimum Gasteiger partial charge on any atom is -0.376 e. The summed E-state index contributed by atoms with van der Waals surface area (Å²) in [6.07, 6.45) is 2.36. The number of urea groups is 1. The van der Waals surface area contributed by atoms with Crippen molar-refractivity contribution in [3.05, 3.63) is 11.1 Å². The first kappa shape index (κ1) is 16.7. The fourth-order valence-corrected chi connectivity index (χ4v) is 5.41. The molecule has 0 spiro atoms. The van der Waals surface area contributed by atoms with Gasteiger partial charge in [0.25, 0.3) is 0 Å². The second-order valence-corrected chi connectivity index (χ2v) is 9.16. The van der Waals surface area contributed by atoms with E-state index in [-0.39, 0.29) is 29.7 Å². The van der Waals surface area contributed by atoms with Gasteiger partial charge in [-0.3, -0.25) is 5.32 Å². The van der Waals surface area contributed by atoms with Crippen molar-refractivity contribution in [1.29, 1.82) is 0 Å². The molecule has 128 valence electrons. The maximum absolute atomic E-state index is 12.6. The van der Waals surface area contributed by atoms with Crippen LogP contribution in [0, 0.1) is 6.92 Å². The first-order chi connectivity index (χ1) is 10.9. The van der Waals surface area contributed by atoms with E-state index in [1.54, 1.807) is 4.90 Å². The molecule has 0 saturated carbocycles. The monoisotopic (exact) mass is 359 g/mol. The number of thiazole rings is 1. The lowest BCUT2D eigenvalue weighted by Crippen LogP contribution is -2.47. The molecule has 0 aromatic carbocycles. The van der Waals surface area contributed by atoms with E-state index >= 15 is 0 Å². The Kier molecular flexibility index (Phi) is 4.88. The molecule has 7 nitrogen and oxygen atoms in total. The van der Waals surface area contributed by atoms with Crippen LogP contribution in [0.2, 0.25) is 0 Å². The van der Waals surface area contributed by atoms with Crippen molar-refractivity contribution in [2.45, 2.75) is 38.3 Å². The molecule has 9 heteroatoms. The summed E-state index contributed by atoms with van der Waals surface area (Å²) < 4.78 is 29.1. The molecule has 2 saturated heterocycles. The van der Waals surface area contributed by atoms with Gasteiger partial charge < -0.3 is 9.64 Å². The molecule has 1 aromatic heterocycles. The SMILES string of the molecule is Cc1csc(NC(=O)N(CC2CCCO2)C2CCS(=O)(=O)C2)n1. The molecule has 0 aliphatic carbocycles. The number of sulfone groups is 1. The number of carbonyl (C=O) groups is 1. The van der Waals surface area contributed by atoms with Crippen LogP contribution in [0.5, 0.6) is 0 Å². The molecule has 3 heterocycles. The van der Waals surface area contributed by atoms with E-state index in [0.29, 0.717) is 24.7 Å². The van der Waals surface area contributed by atoms with Crippen LogP contribution in [0.25, 0.3) is 0 Å². The minimum absolute atomic E-state index is 0.0120. The standard InChI is InChI=1S/C14H21N3O4S2/c1-10-8-22-13(15-10)16-14(18)17(7-12-3-2-5-21-12)11-4-6-23(19,20)9-11/h8,11-12H,2-7,9H2,1H3,(H,15,16,18). The summed E-state index contributed by atoms with van der Waals surface area (Å²) in [4.78, 5) is 18.5. The number of aromatic nitrogens is 1. The third-order valence-corrected chi connectivity index (χ3v) is 6.79. The molecule has 2 aliphatic rings. The summed E-state index contributed by atoms with van der Waals surface area (Å²) in [7, 11) is -3.05. The highest BCUT2D eigenvalue weighted by molar-refractivity contribution is 7.91. The van der Waals surface area contributed by atoms with E-state index in [9.17, 15) is 13.2 Å². The van der Waals surface area contributed by atoms with Gasteiger partial charge in [-0.05, 0) is 26.2 Å². The van der Waals surface area contributed by atoms with E-state index in [4.69, 9.17) is 4.74 Å². The van der Waals surface area contributed by atoms with Gasteiger partial charge >= 0.3 is 6.03 Å². The van der Waals surface area contributed by atoms with Crippen molar-refractivity contribution >= 4 is 32.3 Å². The molecule has 2 fully saturated rings. The Balaban J connectivity index is 1.72. The van der Waals surface area contributed by atoms with Crippen molar-refractivity contribution in [3.63, 3.8) is 0 Å². The van der Waals surface area contributed by atoms with E-state index in [2.05, 4.69) is 10.3 Å². The number of rotatable bonds is 4. The lowest BCUT2D eigenvalue weighted by atomic mass is 10.2. The van der Waals surface area contributed by atoms with Crippen molar-refractivity contribution < 1.29 is 17.9 Å². The van der Waals surface area contributed by atoms with Gasteiger partial charge in [0.15, 0.2) is 15.0 Å². The van der Waals surface area contributed by atoms with Gasteiger partial charge in [0.2, 0.25) is 0 Å². The van der Waals surface area contributed by atoms with Crippen LogP contribution in [0.4, 0.5) is 9.93 Å². The normalized spacial score (nSPS) is 26.3. The number of ether oxygens (including phenoxy) is 1. The molecule has 23 heavy (non-hydrogen) atoms.